The van der Waals surface area contributed by atoms with Crippen molar-refractivity contribution in [1.29, 1.82) is 0 Å². The normalized spacial score (nSPS) is 11.7. The lowest BCUT2D eigenvalue weighted by Crippen LogP contribution is -2.12. The van der Waals surface area contributed by atoms with Gasteiger partial charge in [0, 0.05) is 16.1 Å². The van der Waals surface area contributed by atoms with Crippen molar-refractivity contribution in [1.82, 2.24) is 9.97 Å². The van der Waals surface area contributed by atoms with E-state index in [1.165, 1.54) is 6.39 Å². The topological polar surface area (TPSA) is 85.1 Å². The van der Waals surface area contributed by atoms with Crippen LogP contribution in [0.3, 0.4) is 0 Å². The van der Waals surface area contributed by atoms with E-state index in [-0.39, 0.29) is 4.21 Å². The van der Waals surface area contributed by atoms with Crippen LogP contribution in [0.25, 0.3) is 21.5 Å². The summed E-state index contributed by atoms with van der Waals surface area (Å²) >= 11 is 4.56. The van der Waals surface area contributed by atoms with Crippen LogP contribution in [0.5, 0.6) is 0 Å². The van der Waals surface area contributed by atoms with Gasteiger partial charge >= 0.3 is 0 Å². The molecule has 0 saturated carbocycles. The molecule has 0 amide bonds. The molecule has 0 spiro atoms. The lowest BCUT2D eigenvalue weighted by Gasteiger charge is -2.09. The smallest absolute Gasteiger partial charge is 0.271 e. The Labute approximate surface area is 155 Å². The minimum absolute atomic E-state index is 0.186. The van der Waals surface area contributed by atoms with Crippen molar-refractivity contribution in [2.24, 2.45) is 0 Å². The summed E-state index contributed by atoms with van der Waals surface area (Å²) in [5, 5.41) is 0.830. The molecule has 4 rings (SSSR count). The van der Waals surface area contributed by atoms with Gasteiger partial charge in [0.05, 0.1) is 22.3 Å². The highest BCUT2D eigenvalue weighted by atomic mass is 79.9. The molecule has 3 aromatic heterocycles. The van der Waals surface area contributed by atoms with E-state index < -0.39 is 10.0 Å². The Hall–Kier alpha value is -2.23. The number of nitrogens with one attached hydrogen (secondary N) is 1. The predicted molar refractivity (Wildman–Crippen MR) is 100 cm³/mol. The number of pyridine rings is 1. The molecule has 0 aliphatic rings. The summed E-state index contributed by atoms with van der Waals surface area (Å²) in [4.78, 5) is 8.82. The second-order valence-electron chi connectivity index (χ2n) is 5.08. The number of halogens is 1. The number of oxazole rings is 1. The summed E-state index contributed by atoms with van der Waals surface area (Å²) in [5.74, 6) is 0.530. The molecule has 6 nitrogen and oxygen atoms in total. The molecular formula is C16H10BrN3O3S2. The SMILES string of the molecule is O=S(=O)(Nc1ccc(Br)c2cccnc12)c1ccc(-c2cnco2)s1. The van der Waals surface area contributed by atoms with Crippen LogP contribution in [-0.4, -0.2) is 18.4 Å². The molecule has 0 aliphatic carbocycles. The number of hydrogen-bond acceptors (Lipinski definition) is 6. The van der Waals surface area contributed by atoms with Crippen LogP contribution >= 0.6 is 27.3 Å². The largest absolute Gasteiger partial charge is 0.443 e. The zero-order valence-electron chi connectivity index (χ0n) is 12.5. The van der Waals surface area contributed by atoms with Crippen molar-refractivity contribution in [3.05, 3.63) is 59.7 Å². The molecule has 1 N–H and O–H groups in total. The Kier molecular flexibility index (Phi) is 4.06. The summed E-state index contributed by atoms with van der Waals surface area (Å²) in [6.07, 6.45) is 4.47. The Bertz CT molecular complexity index is 1150. The molecule has 1 aromatic carbocycles. The van der Waals surface area contributed by atoms with Crippen molar-refractivity contribution in [3.8, 4) is 10.6 Å². The second kappa shape index (κ2) is 6.25. The van der Waals surface area contributed by atoms with Gasteiger partial charge in [-0.25, -0.2) is 13.4 Å². The van der Waals surface area contributed by atoms with Crippen LogP contribution in [0.2, 0.25) is 0 Å². The highest BCUT2D eigenvalue weighted by molar-refractivity contribution is 9.10. The van der Waals surface area contributed by atoms with Crippen molar-refractivity contribution in [3.63, 3.8) is 0 Å². The van der Waals surface area contributed by atoms with Gasteiger partial charge in [-0.3, -0.25) is 9.71 Å². The molecule has 4 aromatic rings. The van der Waals surface area contributed by atoms with E-state index in [1.807, 2.05) is 6.07 Å². The van der Waals surface area contributed by atoms with Crippen LogP contribution in [-0.2, 0) is 10.0 Å². The maximum Gasteiger partial charge on any atom is 0.271 e. The number of hydrogen-bond donors (Lipinski definition) is 1. The quantitative estimate of drug-likeness (QED) is 0.509. The first-order valence-corrected chi connectivity index (χ1v) is 10.2. The molecule has 0 unspecified atom stereocenters. The molecule has 126 valence electrons. The first kappa shape index (κ1) is 16.2. The van der Waals surface area contributed by atoms with E-state index in [1.54, 1.807) is 42.7 Å². The fourth-order valence-electron chi connectivity index (χ4n) is 2.35. The monoisotopic (exact) mass is 435 g/mol. The van der Waals surface area contributed by atoms with Crippen LogP contribution in [0.1, 0.15) is 0 Å². The van der Waals surface area contributed by atoms with Gasteiger partial charge in [-0.1, -0.05) is 22.0 Å². The Morgan fingerprint density at radius 1 is 1.16 bits per heavy atom. The van der Waals surface area contributed by atoms with Crippen LogP contribution < -0.4 is 4.72 Å². The van der Waals surface area contributed by atoms with Gasteiger partial charge in [0.15, 0.2) is 12.2 Å². The van der Waals surface area contributed by atoms with Crippen LogP contribution in [0, 0.1) is 0 Å². The molecular weight excluding hydrogens is 426 g/mol. The van der Waals surface area contributed by atoms with Crippen molar-refractivity contribution in [2.75, 3.05) is 4.72 Å². The van der Waals surface area contributed by atoms with E-state index in [4.69, 9.17) is 4.42 Å². The fourth-order valence-corrected chi connectivity index (χ4v) is 5.13. The molecule has 3 heterocycles. The van der Waals surface area contributed by atoms with Gasteiger partial charge < -0.3 is 4.42 Å². The molecule has 0 radical (unpaired) electrons. The van der Waals surface area contributed by atoms with Crippen molar-refractivity contribution >= 4 is 53.9 Å². The average Bonchev–Trinajstić information content (AvgIpc) is 3.29. The van der Waals surface area contributed by atoms with Crippen molar-refractivity contribution < 1.29 is 12.8 Å². The van der Waals surface area contributed by atoms with Gasteiger partial charge in [-0.15, -0.1) is 11.3 Å². The zero-order valence-corrected chi connectivity index (χ0v) is 15.7. The third-order valence-electron chi connectivity index (χ3n) is 3.48. The first-order valence-electron chi connectivity index (χ1n) is 7.09. The van der Waals surface area contributed by atoms with Gasteiger partial charge in [-0.05, 0) is 30.3 Å². The average molecular weight is 436 g/mol. The molecule has 25 heavy (non-hydrogen) atoms. The van der Waals surface area contributed by atoms with E-state index in [9.17, 15) is 8.42 Å². The number of benzene rings is 1. The standard InChI is InChI=1S/C16H10BrN3O3S2/c17-11-3-4-12(16-10(11)2-1-7-19-16)20-25(21,22)15-6-5-14(24-15)13-8-18-9-23-13/h1-9,20H. The molecule has 0 aliphatic heterocycles. The van der Waals surface area contributed by atoms with Crippen LogP contribution in [0.15, 0.2) is 68.3 Å². The van der Waals surface area contributed by atoms with Gasteiger partial charge in [0.2, 0.25) is 0 Å². The number of nitrogens with zero attached hydrogens (tertiary/aromatic N) is 2. The predicted octanol–water partition coefficient (Wildman–Crippen LogP) is 4.51. The number of sulfonamides is 1. The second-order valence-corrected chi connectivity index (χ2v) is 8.93. The van der Waals surface area contributed by atoms with E-state index in [0.29, 0.717) is 21.8 Å². The summed E-state index contributed by atoms with van der Waals surface area (Å²) < 4.78 is 34.3. The number of fused-ring (bicyclic) bond motifs is 1. The third-order valence-corrected chi connectivity index (χ3v) is 7.13. The lowest BCUT2D eigenvalue weighted by atomic mass is 10.2. The molecule has 0 bridgehead atoms. The molecule has 0 saturated heterocycles. The highest BCUT2D eigenvalue weighted by Crippen LogP contribution is 2.33. The Morgan fingerprint density at radius 3 is 2.84 bits per heavy atom. The zero-order chi connectivity index (χ0) is 17.4. The summed E-state index contributed by atoms with van der Waals surface area (Å²) in [6, 6.07) is 10.4. The molecule has 0 fully saturated rings. The van der Waals surface area contributed by atoms with E-state index in [0.717, 1.165) is 21.2 Å². The number of thiophene rings is 1. The van der Waals surface area contributed by atoms with Gasteiger partial charge in [-0.2, -0.15) is 0 Å². The third kappa shape index (κ3) is 3.06. The van der Waals surface area contributed by atoms with E-state index >= 15 is 0 Å². The maximum absolute atomic E-state index is 12.7. The summed E-state index contributed by atoms with van der Waals surface area (Å²) in [6.45, 7) is 0. The Morgan fingerprint density at radius 2 is 2.04 bits per heavy atom. The number of rotatable bonds is 4. The molecule has 9 heteroatoms. The number of aromatic nitrogens is 2. The highest BCUT2D eigenvalue weighted by Gasteiger charge is 2.20. The van der Waals surface area contributed by atoms with E-state index in [2.05, 4.69) is 30.6 Å². The molecule has 0 atom stereocenters. The fraction of sp³-hybridized carbons (Fsp3) is 0. The lowest BCUT2D eigenvalue weighted by molar-refractivity contribution is 0.573. The van der Waals surface area contributed by atoms with Crippen molar-refractivity contribution in [2.45, 2.75) is 4.21 Å². The maximum atomic E-state index is 12.7. The van der Waals surface area contributed by atoms with Gasteiger partial charge in [0.25, 0.3) is 10.0 Å². The summed E-state index contributed by atoms with van der Waals surface area (Å²) in [7, 11) is -3.74. The first-order chi connectivity index (χ1) is 12.0. The Balaban J connectivity index is 1.72. The van der Waals surface area contributed by atoms with Gasteiger partial charge in [0.1, 0.15) is 4.21 Å². The minimum Gasteiger partial charge on any atom is -0.443 e. The summed E-state index contributed by atoms with van der Waals surface area (Å²) in [5.41, 5.74) is 1.00. The van der Waals surface area contributed by atoms with Crippen LogP contribution in [0.4, 0.5) is 5.69 Å². The minimum atomic E-state index is -3.74. The number of anilines is 1.